The Hall–Kier alpha value is -2.05. The Balaban J connectivity index is 1.33. The molecule has 1 saturated heterocycles. The molecule has 1 aliphatic rings. The van der Waals surface area contributed by atoms with Gasteiger partial charge in [-0.1, -0.05) is 0 Å². The second-order valence-corrected chi connectivity index (χ2v) is 8.35. The van der Waals surface area contributed by atoms with E-state index in [1.807, 2.05) is 49.9 Å². The number of thioether (sulfide) groups is 1. The maximum absolute atomic E-state index is 13.0. The minimum Gasteiger partial charge on any atom is -0.456 e. The molecule has 4 nitrogen and oxygen atoms in total. The van der Waals surface area contributed by atoms with E-state index in [1.54, 1.807) is 0 Å². The molecule has 2 aromatic heterocycles. The number of furan rings is 1. The van der Waals surface area contributed by atoms with Gasteiger partial charge in [0.1, 0.15) is 17.3 Å². The lowest BCUT2D eigenvalue weighted by molar-refractivity contribution is 0.221. The lowest BCUT2D eigenvalue weighted by Crippen LogP contribution is -2.34. The van der Waals surface area contributed by atoms with E-state index in [1.165, 1.54) is 12.1 Å². The fraction of sp³-hybridized carbons (Fsp3) is 0.381. The van der Waals surface area contributed by atoms with Gasteiger partial charge in [0.2, 0.25) is 0 Å². The molecule has 0 radical (unpaired) electrons. The van der Waals surface area contributed by atoms with Crippen molar-refractivity contribution in [3.8, 4) is 11.7 Å². The van der Waals surface area contributed by atoms with Gasteiger partial charge in [-0.25, -0.2) is 9.37 Å². The second-order valence-electron chi connectivity index (χ2n) is 6.98. The van der Waals surface area contributed by atoms with Crippen molar-refractivity contribution in [2.45, 2.75) is 43.4 Å². The number of halogens is 1. The molecular formula is C21H23FN2O2S. The van der Waals surface area contributed by atoms with Crippen LogP contribution >= 0.6 is 11.8 Å². The number of piperidine rings is 1. The largest absolute Gasteiger partial charge is 0.456 e. The average molecular weight is 386 g/mol. The Morgan fingerprint density at radius 3 is 2.48 bits per heavy atom. The number of hydrogen-bond acceptors (Lipinski definition) is 5. The van der Waals surface area contributed by atoms with Crippen molar-refractivity contribution >= 4 is 11.8 Å². The van der Waals surface area contributed by atoms with Gasteiger partial charge >= 0.3 is 0 Å². The molecule has 0 spiro atoms. The van der Waals surface area contributed by atoms with Crippen LogP contribution in [0.2, 0.25) is 0 Å². The molecule has 4 rings (SSSR count). The van der Waals surface area contributed by atoms with Gasteiger partial charge in [-0.3, -0.25) is 4.90 Å². The molecule has 1 fully saturated rings. The molecule has 0 aliphatic carbocycles. The number of aromatic nitrogens is 1. The van der Waals surface area contributed by atoms with E-state index in [0.717, 1.165) is 54.6 Å². The number of aryl methyl sites for hydroxylation is 2. The highest BCUT2D eigenvalue weighted by Gasteiger charge is 2.22. The molecule has 0 atom stereocenters. The van der Waals surface area contributed by atoms with Gasteiger partial charge in [-0.2, -0.15) is 0 Å². The quantitative estimate of drug-likeness (QED) is 0.583. The molecule has 0 saturated carbocycles. The molecule has 0 N–H and O–H groups in total. The molecule has 0 bridgehead atoms. The topological polar surface area (TPSA) is 42.4 Å². The van der Waals surface area contributed by atoms with Gasteiger partial charge in [0.05, 0.1) is 5.69 Å². The number of likely N-dealkylation sites (tertiary alicyclic amines) is 1. The van der Waals surface area contributed by atoms with Gasteiger partial charge < -0.3 is 8.83 Å². The third kappa shape index (κ3) is 4.45. The van der Waals surface area contributed by atoms with Gasteiger partial charge in [0, 0.05) is 16.7 Å². The molecule has 0 unspecified atom stereocenters. The van der Waals surface area contributed by atoms with Crippen LogP contribution in [0.4, 0.5) is 4.39 Å². The zero-order valence-electron chi connectivity index (χ0n) is 15.6. The third-order valence-corrected chi connectivity index (χ3v) is 6.22. The van der Waals surface area contributed by atoms with Crippen LogP contribution in [0.25, 0.3) is 11.7 Å². The summed E-state index contributed by atoms with van der Waals surface area (Å²) in [6, 6.07) is 10.6. The van der Waals surface area contributed by atoms with E-state index in [0.29, 0.717) is 16.9 Å². The summed E-state index contributed by atoms with van der Waals surface area (Å²) in [4.78, 5) is 8.20. The predicted molar refractivity (Wildman–Crippen MR) is 104 cm³/mol. The van der Waals surface area contributed by atoms with Crippen LogP contribution < -0.4 is 0 Å². The normalized spacial score (nSPS) is 16.1. The molecule has 3 heterocycles. The summed E-state index contributed by atoms with van der Waals surface area (Å²) in [5.41, 5.74) is 0.976. The predicted octanol–water partition coefficient (Wildman–Crippen LogP) is 5.45. The van der Waals surface area contributed by atoms with Gasteiger partial charge in [0.25, 0.3) is 5.89 Å². The maximum Gasteiger partial charge on any atom is 0.263 e. The third-order valence-electron chi connectivity index (χ3n) is 4.87. The molecule has 1 aliphatic heterocycles. The summed E-state index contributed by atoms with van der Waals surface area (Å²) in [5.74, 6) is 2.75. The summed E-state index contributed by atoms with van der Waals surface area (Å²) in [7, 11) is 0. The molecule has 1 aromatic carbocycles. The number of rotatable bonds is 5. The number of hydrogen-bond donors (Lipinski definition) is 0. The van der Waals surface area contributed by atoms with Crippen molar-refractivity contribution in [2.75, 3.05) is 13.1 Å². The highest BCUT2D eigenvalue weighted by Crippen LogP contribution is 2.31. The van der Waals surface area contributed by atoms with Gasteiger partial charge in [-0.15, -0.1) is 11.8 Å². The first-order valence-corrected chi connectivity index (χ1v) is 10.1. The van der Waals surface area contributed by atoms with E-state index < -0.39 is 0 Å². The number of benzene rings is 1. The van der Waals surface area contributed by atoms with E-state index in [4.69, 9.17) is 8.83 Å². The minimum absolute atomic E-state index is 0.179. The van der Waals surface area contributed by atoms with Crippen molar-refractivity contribution in [3.63, 3.8) is 0 Å². The van der Waals surface area contributed by atoms with E-state index in [2.05, 4.69) is 9.88 Å². The van der Waals surface area contributed by atoms with Crippen molar-refractivity contribution in [3.05, 3.63) is 59.4 Å². The van der Waals surface area contributed by atoms with Crippen molar-refractivity contribution in [1.82, 2.24) is 9.88 Å². The standard InChI is InChI=1S/C21H23FN2O2S/c1-14-3-8-20(25-14)21-23-19(15(2)26-21)13-24-11-9-18(10-12-24)27-17-6-4-16(22)5-7-17/h3-8,18H,9-13H2,1-2H3. The first-order chi connectivity index (χ1) is 13.1. The molecule has 142 valence electrons. The molecule has 27 heavy (non-hydrogen) atoms. The van der Waals surface area contributed by atoms with Crippen LogP contribution in [0.15, 0.2) is 50.1 Å². The zero-order chi connectivity index (χ0) is 18.8. The highest BCUT2D eigenvalue weighted by atomic mass is 32.2. The zero-order valence-corrected chi connectivity index (χ0v) is 16.4. The Morgan fingerprint density at radius 2 is 1.81 bits per heavy atom. The molecule has 0 amide bonds. The summed E-state index contributed by atoms with van der Waals surface area (Å²) in [5, 5.41) is 0.576. The van der Waals surface area contributed by atoms with Crippen molar-refractivity contribution in [2.24, 2.45) is 0 Å². The fourth-order valence-electron chi connectivity index (χ4n) is 3.33. The lowest BCUT2D eigenvalue weighted by Gasteiger charge is -2.31. The molecule has 3 aromatic rings. The van der Waals surface area contributed by atoms with Gasteiger partial charge in [0.15, 0.2) is 5.76 Å². The van der Waals surface area contributed by atoms with Crippen molar-refractivity contribution < 1.29 is 13.2 Å². The first-order valence-electron chi connectivity index (χ1n) is 9.24. The van der Waals surface area contributed by atoms with E-state index in [9.17, 15) is 4.39 Å². The summed E-state index contributed by atoms with van der Waals surface area (Å²) in [6.07, 6.45) is 2.23. The van der Waals surface area contributed by atoms with Crippen LogP contribution in [-0.2, 0) is 6.54 Å². The fourth-order valence-corrected chi connectivity index (χ4v) is 4.46. The monoisotopic (exact) mass is 386 g/mol. The second kappa shape index (κ2) is 7.90. The van der Waals surface area contributed by atoms with Gasteiger partial charge in [-0.05, 0) is 76.2 Å². The summed E-state index contributed by atoms with van der Waals surface area (Å²) in [6.45, 7) is 6.72. The van der Waals surface area contributed by atoms with Crippen LogP contribution in [0.3, 0.4) is 0 Å². The first kappa shape index (κ1) is 18.3. The van der Waals surface area contributed by atoms with Crippen molar-refractivity contribution in [1.29, 1.82) is 0 Å². The van der Waals surface area contributed by atoms with Crippen LogP contribution in [0.5, 0.6) is 0 Å². The average Bonchev–Trinajstić information content (AvgIpc) is 3.25. The lowest BCUT2D eigenvalue weighted by atomic mass is 10.1. The SMILES string of the molecule is Cc1ccc(-c2nc(CN3CCC(Sc4ccc(F)cc4)CC3)c(C)o2)o1. The Morgan fingerprint density at radius 1 is 1.07 bits per heavy atom. The maximum atomic E-state index is 13.0. The van der Waals surface area contributed by atoms with Crippen LogP contribution in [0.1, 0.15) is 30.1 Å². The van der Waals surface area contributed by atoms with Crippen LogP contribution in [-0.4, -0.2) is 28.2 Å². The van der Waals surface area contributed by atoms with E-state index in [-0.39, 0.29) is 5.82 Å². The molecular weight excluding hydrogens is 363 g/mol. The van der Waals surface area contributed by atoms with E-state index >= 15 is 0 Å². The smallest absolute Gasteiger partial charge is 0.263 e. The molecule has 6 heteroatoms. The highest BCUT2D eigenvalue weighted by molar-refractivity contribution is 8.00. The number of oxazole rings is 1. The Labute approximate surface area is 162 Å². The Kier molecular flexibility index (Phi) is 5.36. The summed E-state index contributed by atoms with van der Waals surface area (Å²) >= 11 is 1.85. The minimum atomic E-state index is -0.179. The number of nitrogens with zero attached hydrogens (tertiary/aromatic N) is 2. The Bertz CT molecular complexity index is 895. The van der Waals surface area contributed by atoms with Crippen LogP contribution in [0, 0.1) is 19.7 Å². The summed E-state index contributed by atoms with van der Waals surface area (Å²) < 4.78 is 24.4.